The minimum Gasteiger partial charge on any atom is -0.321 e. The number of hydrogen-bond acceptors (Lipinski definition) is 4. The van der Waals surface area contributed by atoms with E-state index in [0.29, 0.717) is 17.1 Å². The van der Waals surface area contributed by atoms with Crippen LogP contribution in [-0.2, 0) is 4.84 Å². The molecule has 0 fully saturated rings. The highest BCUT2D eigenvalue weighted by atomic mass is 16.7. The molecular formula is C16H15N3O2. The van der Waals surface area contributed by atoms with E-state index >= 15 is 0 Å². The van der Waals surface area contributed by atoms with E-state index in [1.54, 1.807) is 12.1 Å². The third-order valence-electron chi connectivity index (χ3n) is 3.10. The molecule has 0 bridgehead atoms. The lowest BCUT2D eigenvalue weighted by molar-refractivity contribution is 0.0504. The van der Waals surface area contributed by atoms with E-state index in [9.17, 15) is 4.79 Å². The average Bonchev–Trinajstić information content (AvgIpc) is 2.95. The number of rotatable bonds is 3. The quantitative estimate of drug-likeness (QED) is 0.909. The van der Waals surface area contributed by atoms with Crippen LogP contribution in [0.2, 0.25) is 0 Å². The molecule has 5 heteroatoms. The molecule has 0 aliphatic carbocycles. The molecule has 1 unspecified atom stereocenters. The third kappa shape index (κ3) is 2.93. The summed E-state index contributed by atoms with van der Waals surface area (Å²) in [5.74, 6) is 0.460. The van der Waals surface area contributed by atoms with Crippen LogP contribution in [-0.4, -0.2) is 18.0 Å². The van der Waals surface area contributed by atoms with Crippen molar-refractivity contribution in [2.45, 2.75) is 13.2 Å². The first-order valence-corrected chi connectivity index (χ1v) is 6.69. The highest BCUT2D eigenvalue weighted by molar-refractivity contribution is 6.10. The van der Waals surface area contributed by atoms with Crippen LogP contribution < -0.4 is 10.8 Å². The van der Waals surface area contributed by atoms with Gasteiger partial charge in [0.25, 0.3) is 5.91 Å². The van der Waals surface area contributed by atoms with E-state index in [-0.39, 0.29) is 12.1 Å². The molecule has 2 N–H and O–H groups in total. The number of aliphatic imine (C=N–C) groups is 1. The minimum atomic E-state index is -0.238. The summed E-state index contributed by atoms with van der Waals surface area (Å²) in [7, 11) is 0. The highest BCUT2D eigenvalue weighted by Gasteiger charge is 2.18. The van der Waals surface area contributed by atoms with Crippen LogP contribution in [0.15, 0.2) is 59.6 Å². The van der Waals surface area contributed by atoms with E-state index < -0.39 is 0 Å². The van der Waals surface area contributed by atoms with Crippen molar-refractivity contribution in [3.63, 3.8) is 0 Å². The normalized spacial score (nSPS) is 17.0. The topological polar surface area (TPSA) is 62.7 Å². The second-order valence-electron chi connectivity index (χ2n) is 4.66. The lowest BCUT2D eigenvalue weighted by atomic mass is 10.1. The summed E-state index contributed by atoms with van der Waals surface area (Å²) in [6.07, 6.45) is -0.238. The molecule has 106 valence electrons. The molecule has 21 heavy (non-hydrogen) atoms. The van der Waals surface area contributed by atoms with Crippen molar-refractivity contribution < 1.29 is 9.63 Å². The molecule has 1 aliphatic rings. The SMILES string of the molecule is CC1N=C(c2ccccc2NC(=O)c2ccccc2)NO1. The zero-order valence-electron chi connectivity index (χ0n) is 11.5. The van der Waals surface area contributed by atoms with Gasteiger partial charge in [0.2, 0.25) is 0 Å². The monoisotopic (exact) mass is 281 g/mol. The minimum absolute atomic E-state index is 0.157. The van der Waals surface area contributed by atoms with Gasteiger partial charge in [-0.1, -0.05) is 30.3 Å². The number of carbonyl (C=O) groups excluding carboxylic acids is 1. The second-order valence-corrected chi connectivity index (χ2v) is 4.66. The Bertz CT molecular complexity index is 683. The summed E-state index contributed by atoms with van der Waals surface area (Å²) < 4.78 is 0. The van der Waals surface area contributed by atoms with Gasteiger partial charge in [-0.2, -0.15) is 0 Å². The largest absolute Gasteiger partial charge is 0.321 e. The van der Waals surface area contributed by atoms with Crippen LogP contribution in [0.3, 0.4) is 0 Å². The van der Waals surface area contributed by atoms with Gasteiger partial charge < -0.3 is 5.32 Å². The zero-order valence-corrected chi connectivity index (χ0v) is 11.5. The number of nitrogens with zero attached hydrogens (tertiary/aromatic N) is 1. The standard InChI is InChI=1S/C16H15N3O2/c1-11-17-15(19-21-11)13-9-5-6-10-14(13)18-16(20)12-7-3-2-4-8-12/h2-11H,1H3,(H,17,19)(H,18,20). The van der Waals surface area contributed by atoms with Crippen LogP contribution in [0.4, 0.5) is 5.69 Å². The van der Waals surface area contributed by atoms with Crippen LogP contribution in [0, 0.1) is 0 Å². The number of benzene rings is 2. The van der Waals surface area contributed by atoms with Crippen LogP contribution in [0.5, 0.6) is 0 Å². The van der Waals surface area contributed by atoms with E-state index in [0.717, 1.165) is 5.56 Å². The predicted molar refractivity (Wildman–Crippen MR) is 81.1 cm³/mol. The average molecular weight is 281 g/mol. The summed E-state index contributed by atoms with van der Waals surface area (Å²) in [5.41, 5.74) is 4.87. The lowest BCUT2D eigenvalue weighted by Gasteiger charge is -2.10. The Hall–Kier alpha value is -2.66. The van der Waals surface area contributed by atoms with E-state index in [4.69, 9.17) is 4.84 Å². The fraction of sp³-hybridized carbons (Fsp3) is 0.125. The van der Waals surface area contributed by atoms with Crippen molar-refractivity contribution in [1.29, 1.82) is 0 Å². The molecule has 5 nitrogen and oxygen atoms in total. The van der Waals surface area contributed by atoms with Gasteiger partial charge in [-0.05, 0) is 31.2 Å². The zero-order chi connectivity index (χ0) is 14.7. The molecule has 0 aromatic heterocycles. The molecule has 1 atom stereocenters. The van der Waals surface area contributed by atoms with Crippen molar-refractivity contribution in [3.05, 3.63) is 65.7 Å². The molecule has 2 aromatic carbocycles. The Morgan fingerprint density at radius 3 is 2.57 bits per heavy atom. The third-order valence-corrected chi connectivity index (χ3v) is 3.10. The molecule has 1 heterocycles. The van der Waals surface area contributed by atoms with Gasteiger partial charge in [0.15, 0.2) is 12.1 Å². The van der Waals surface area contributed by atoms with Gasteiger partial charge in [-0.25, -0.2) is 15.3 Å². The Labute approximate surface area is 122 Å². The molecule has 3 rings (SSSR count). The van der Waals surface area contributed by atoms with Crippen molar-refractivity contribution >= 4 is 17.4 Å². The maximum Gasteiger partial charge on any atom is 0.255 e. The van der Waals surface area contributed by atoms with Gasteiger partial charge in [-0.3, -0.25) is 4.79 Å². The second kappa shape index (κ2) is 5.76. The number of anilines is 1. The number of hydroxylamine groups is 1. The van der Waals surface area contributed by atoms with E-state index in [1.165, 1.54) is 0 Å². The summed E-state index contributed by atoms with van der Waals surface area (Å²) in [5, 5.41) is 2.90. The molecule has 0 saturated heterocycles. The fourth-order valence-corrected chi connectivity index (χ4v) is 2.08. The van der Waals surface area contributed by atoms with Crippen LogP contribution in [0.1, 0.15) is 22.8 Å². The van der Waals surface area contributed by atoms with Crippen molar-refractivity contribution in [3.8, 4) is 0 Å². The highest BCUT2D eigenvalue weighted by Crippen LogP contribution is 2.19. The number of nitrogens with one attached hydrogen (secondary N) is 2. The molecule has 1 amide bonds. The van der Waals surface area contributed by atoms with E-state index in [2.05, 4.69) is 15.8 Å². The van der Waals surface area contributed by atoms with Gasteiger partial charge in [-0.15, -0.1) is 0 Å². The number of para-hydroxylation sites is 1. The number of hydrogen-bond donors (Lipinski definition) is 2. The maximum atomic E-state index is 12.2. The fourth-order valence-electron chi connectivity index (χ4n) is 2.08. The summed E-state index contributed by atoms with van der Waals surface area (Å²) in [6.45, 7) is 1.84. The Kier molecular flexibility index (Phi) is 3.66. The molecule has 0 saturated carbocycles. The van der Waals surface area contributed by atoms with Gasteiger partial charge in [0, 0.05) is 11.1 Å². The molecule has 0 spiro atoms. The van der Waals surface area contributed by atoms with Crippen LogP contribution in [0.25, 0.3) is 0 Å². The van der Waals surface area contributed by atoms with Crippen molar-refractivity contribution in [2.75, 3.05) is 5.32 Å². The van der Waals surface area contributed by atoms with Gasteiger partial charge >= 0.3 is 0 Å². The maximum absolute atomic E-state index is 12.2. The Morgan fingerprint density at radius 1 is 1.14 bits per heavy atom. The van der Waals surface area contributed by atoms with Gasteiger partial charge in [0.1, 0.15) is 0 Å². The molecular weight excluding hydrogens is 266 g/mol. The summed E-state index contributed by atoms with van der Waals surface area (Å²) >= 11 is 0. The first kappa shape index (κ1) is 13.3. The number of amidine groups is 1. The van der Waals surface area contributed by atoms with Gasteiger partial charge in [0.05, 0.1) is 5.69 Å². The molecule has 2 aromatic rings. The summed E-state index contributed by atoms with van der Waals surface area (Å²) in [4.78, 5) is 21.8. The Balaban J connectivity index is 1.86. The number of amides is 1. The van der Waals surface area contributed by atoms with Crippen molar-refractivity contribution in [1.82, 2.24) is 5.48 Å². The first-order chi connectivity index (χ1) is 10.2. The lowest BCUT2D eigenvalue weighted by Crippen LogP contribution is -2.21. The summed E-state index contributed by atoms with van der Waals surface area (Å²) in [6, 6.07) is 16.6. The smallest absolute Gasteiger partial charge is 0.255 e. The predicted octanol–water partition coefficient (Wildman–Crippen LogP) is 2.57. The molecule has 1 aliphatic heterocycles. The Morgan fingerprint density at radius 2 is 1.86 bits per heavy atom. The van der Waals surface area contributed by atoms with E-state index in [1.807, 2.05) is 49.4 Å². The first-order valence-electron chi connectivity index (χ1n) is 6.69. The van der Waals surface area contributed by atoms with Crippen molar-refractivity contribution in [2.24, 2.45) is 4.99 Å². The molecule has 0 radical (unpaired) electrons. The number of carbonyl (C=O) groups is 1. The van der Waals surface area contributed by atoms with Crippen LogP contribution >= 0.6 is 0 Å².